The fourth-order valence-corrected chi connectivity index (χ4v) is 2.07. The van der Waals surface area contributed by atoms with Crippen LogP contribution in [0.25, 0.3) is 0 Å². The Morgan fingerprint density at radius 1 is 1.33 bits per heavy atom. The van der Waals surface area contributed by atoms with Crippen LogP contribution in [0.2, 0.25) is 0 Å². The van der Waals surface area contributed by atoms with Gasteiger partial charge in [-0.1, -0.05) is 6.07 Å². The Balaban J connectivity index is 2.22. The lowest BCUT2D eigenvalue weighted by Gasteiger charge is -2.21. The molecule has 0 spiro atoms. The van der Waals surface area contributed by atoms with E-state index >= 15 is 0 Å². The van der Waals surface area contributed by atoms with Gasteiger partial charge in [0.2, 0.25) is 0 Å². The van der Waals surface area contributed by atoms with Gasteiger partial charge in [-0.25, -0.2) is 4.39 Å². The first-order chi connectivity index (χ1) is 10.0. The molecule has 1 amide bonds. The molecule has 4 nitrogen and oxygen atoms in total. The highest BCUT2D eigenvalue weighted by Crippen LogP contribution is 2.20. The predicted octanol–water partition coefficient (Wildman–Crippen LogP) is 2.90. The number of phenols is 1. The van der Waals surface area contributed by atoms with Crippen LogP contribution in [-0.4, -0.2) is 27.4 Å². The van der Waals surface area contributed by atoms with Crippen LogP contribution in [0.3, 0.4) is 0 Å². The van der Waals surface area contributed by atoms with Gasteiger partial charge in [0, 0.05) is 18.3 Å². The molecule has 0 fully saturated rings. The summed E-state index contributed by atoms with van der Waals surface area (Å²) in [5, 5.41) is 9.71. The van der Waals surface area contributed by atoms with Gasteiger partial charge in [-0.15, -0.1) is 0 Å². The minimum Gasteiger partial charge on any atom is -0.507 e. The summed E-state index contributed by atoms with van der Waals surface area (Å²) in [7, 11) is 0. The van der Waals surface area contributed by atoms with Crippen molar-refractivity contribution < 1.29 is 14.3 Å². The van der Waals surface area contributed by atoms with Gasteiger partial charge in [0.05, 0.1) is 17.8 Å². The summed E-state index contributed by atoms with van der Waals surface area (Å²) in [4.78, 5) is 18.3. The van der Waals surface area contributed by atoms with Gasteiger partial charge in [-0.05, 0) is 38.1 Å². The molecule has 2 aromatic rings. The van der Waals surface area contributed by atoms with E-state index in [2.05, 4.69) is 4.98 Å². The van der Waals surface area contributed by atoms with Crippen molar-refractivity contribution in [3.63, 3.8) is 0 Å². The number of rotatable bonds is 4. The van der Waals surface area contributed by atoms with Crippen molar-refractivity contribution in [3.8, 4) is 5.75 Å². The molecule has 0 atom stereocenters. The maximum atomic E-state index is 13.0. The van der Waals surface area contributed by atoms with E-state index in [1.165, 1.54) is 6.07 Å². The van der Waals surface area contributed by atoms with Gasteiger partial charge < -0.3 is 10.0 Å². The molecule has 0 aliphatic heterocycles. The summed E-state index contributed by atoms with van der Waals surface area (Å²) in [6, 6.07) is 8.99. The molecule has 0 radical (unpaired) electrons. The number of pyridine rings is 1. The normalized spacial score (nSPS) is 10.4. The first-order valence-electron chi connectivity index (χ1n) is 6.71. The number of aromatic hydroxyl groups is 1. The van der Waals surface area contributed by atoms with Crippen molar-refractivity contribution in [2.24, 2.45) is 0 Å². The van der Waals surface area contributed by atoms with Gasteiger partial charge in [0.15, 0.2) is 0 Å². The molecule has 0 saturated heterocycles. The number of aromatic nitrogens is 1. The number of carbonyl (C=O) groups is 1. The maximum Gasteiger partial charge on any atom is 0.257 e. The highest BCUT2D eigenvalue weighted by atomic mass is 19.1. The van der Waals surface area contributed by atoms with E-state index in [1.54, 1.807) is 4.90 Å². The molecule has 1 N–H and O–H groups in total. The van der Waals surface area contributed by atoms with Crippen LogP contribution in [0, 0.1) is 12.7 Å². The van der Waals surface area contributed by atoms with Gasteiger partial charge in [-0.2, -0.15) is 0 Å². The number of phenolic OH excluding ortho intramolecular Hbond substituents is 1. The molecule has 2 rings (SSSR count). The zero-order valence-electron chi connectivity index (χ0n) is 12.0. The van der Waals surface area contributed by atoms with Gasteiger partial charge in [-0.3, -0.25) is 9.78 Å². The molecule has 0 unspecified atom stereocenters. The van der Waals surface area contributed by atoms with E-state index < -0.39 is 5.82 Å². The lowest BCUT2D eigenvalue weighted by atomic mass is 10.1. The minimum absolute atomic E-state index is 0.0888. The molecule has 0 aliphatic carbocycles. The zero-order chi connectivity index (χ0) is 15.4. The van der Waals surface area contributed by atoms with E-state index in [4.69, 9.17) is 0 Å². The third-order valence-corrected chi connectivity index (χ3v) is 3.16. The third-order valence-electron chi connectivity index (χ3n) is 3.16. The second-order valence-corrected chi connectivity index (χ2v) is 4.75. The number of carbonyl (C=O) groups excluding carboxylic acids is 1. The Morgan fingerprint density at radius 3 is 2.71 bits per heavy atom. The van der Waals surface area contributed by atoms with Crippen molar-refractivity contribution in [1.29, 1.82) is 0 Å². The Hall–Kier alpha value is -2.43. The lowest BCUT2D eigenvalue weighted by Crippen LogP contribution is -2.30. The molecule has 110 valence electrons. The largest absolute Gasteiger partial charge is 0.507 e. The number of hydrogen-bond donors (Lipinski definition) is 1. The van der Waals surface area contributed by atoms with Crippen LogP contribution in [-0.2, 0) is 6.54 Å². The number of aryl methyl sites for hydroxylation is 1. The van der Waals surface area contributed by atoms with Gasteiger partial charge in [0.25, 0.3) is 5.91 Å². The number of halogens is 1. The SMILES string of the molecule is CCN(Cc1cccc(C)n1)C(=O)c1ccc(F)cc1O. The summed E-state index contributed by atoms with van der Waals surface area (Å²) < 4.78 is 13.0. The molecule has 21 heavy (non-hydrogen) atoms. The maximum absolute atomic E-state index is 13.0. The first-order valence-corrected chi connectivity index (χ1v) is 6.71. The molecule has 0 saturated carbocycles. The van der Waals surface area contributed by atoms with E-state index in [-0.39, 0.29) is 17.2 Å². The smallest absolute Gasteiger partial charge is 0.257 e. The van der Waals surface area contributed by atoms with Crippen LogP contribution >= 0.6 is 0 Å². The highest BCUT2D eigenvalue weighted by Gasteiger charge is 2.18. The van der Waals surface area contributed by atoms with Crippen molar-refractivity contribution in [3.05, 3.63) is 59.2 Å². The molecule has 0 aliphatic rings. The van der Waals surface area contributed by atoms with E-state index in [1.807, 2.05) is 32.0 Å². The molecular weight excluding hydrogens is 271 g/mol. The fraction of sp³-hybridized carbons (Fsp3) is 0.250. The molecule has 5 heteroatoms. The summed E-state index contributed by atoms with van der Waals surface area (Å²) in [5.41, 5.74) is 1.73. The van der Waals surface area contributed by atoms with Crippen molar-refractivity contribution in [1.82, 2.24) is 9.88 Å². The summed E-state index contributed by atoms with van der Waals surface area (Å²) in [5.74, 6) is -1.28. The van der Waals surface area contributed by atoms with Crippen molar-refractivity contribution in [2.75, 3.05) is 6.54 Å². The van der Waals surface area contributed by atoms with Crippen LogP contribution in [0.5, 0.6) is 5.75 Å². The number of nitrogens with zero attached hydrogens (tertiary/aromatic N) is 2. The zero-order valence-corrected chi connectivity index (χ0v) is 12.0. The standard InChI is InChI=1S/C16H17FN2O2/c1-3-19(10-13-6-4-5-11(2)18-13)16(21)14-8-7-12(17)9-15(14)20/h4-9,20H,3,10H2,1-2H3. The topological polar surface area (TPSA) is 53.4 Å². The summed E-state index contributed by atoms with van der Waals surface area (Å²) >= 11 is 0. The molecule has 1 aromatic carbocycles. The van der Waals surface area contributed by atoms with E-state index in [9.17, 15) is 14.3 Å². The summed E-state index contributed by atoms with van der Waals surface area (Å²) in [6.45, 7) is 4.53. The van der Waals surface area contributed by atoms with Gasteiger partial charge in [0.1, 0.15) is 11.6 Å². The fourth-order valence-electron chi connectivity index (χ4n) is 2.07. The number of hydrogen-bond acceptors (Lipinski definition) is 3. The van der Waals surface area contributed by atoms with Gasteiger partial charge >= 0.3 is 0 Å². The lowest BCUT2D eigenvalue weighted by molar-refractivity contribution is 0.0747. The Bertz CT molecular complexity index is 658. The van der Waals surface area contributed by atoms with Crippen molar-refractivity contribution in [2.45, 2.75) is 20.4 Å². The monoisotopic (exact) mass is 288 g/mol. The van der Waals surface area contributed by atoms with E-state index in [0.717, 1.165) is 23.5 Å². The van der Waals surface area contributed by atoms with Crippen LogP contribution in [0.1, 0.15) is 28.7 Å². The molecule has 0 bridgehead atoms. The van der Waals surface area contributed by atoms with Crippen LogP contribution < -0.4 is 0 Å². The second kappa shape index (κ2) is 6.35. The van der Waals surface area contributed by atoms with Crippen LogP contribution in [0.4, 0.5) is 4.39 Å². The van der Waals surface area contributed by atoms with Crippen molar-refractivity contribution >= 4 is 5.91 Å². The average molecular weight is 288 g/mol. The van der Waals surface area contributed by atoms with Crippen LogP contribution in [0.15, 0.2) is 36.4 Å². The Morgan fingerprint density at radius 2 is 2.10 bits per heavy atom. The third kappa shape index (κ3) is 3.56. The Labute approximate surface area is 122 Å². The number of amides is 1. The summed E-state index contributed by atoms with van der Waals surface area (Å²) in [6.07, 6.45) is 0. The quantitative estimate of drug-likeness (QED) is 0.941. The Kier molecular flexibility index (Phi) is 4.52. The van der Waals surface area contributed by atoms with E-state index in [0.29, 0.717) is 13.1 Å². The second-order valence-electron chi connectivity index (χ2n) is 4.75. The molecule has 1 heterocycles. The number of benzene rings is 1. The predicted molar refractivity (Wildman–Crippen MR) is 77.5 cm³/mol. The molecule has 1 aromatic heterocycles. The average Bonchev–Trinajstić information content (AvgIpc) is 2.44. The molecular formula is C16H17FN2O2. The minimum atomic E-state index is -0.576. The first kappa shape index (κ1) is 15.0. The highest BCUT2D eigenvalue weighted by molar-refractivity contribution is 5.96.